The van der Waals surface area contributed by atoms with Gasteiger partial charge in [-0.3, -0.25) is 10.1 Å². The van der Waals surface area contributed by atoms with Gasteiger partial charge in [0, 0.05) is 43.7 Å². The van der Waals surface area contributed by atoms with Crippen molar-refractivity contribution < 1.29 is 9.66 Å². The van der Waals surface area contributed by atoms with Crippen LogP contribution in [-0.4, -0.2) is 30.7 Å². The fourth-order valence-electron chi connectivity index (χ4n) is 1.58. The van der Waals surface area contributed by atoms with E-state index in [0.29, 0.717) is 12.2 Å². The first-order valence-electron chi connectivity index (χ1n) is 6.70. The lowest BCUT2D eigenvalue weighted by atomic mass is 10.1. The number of ether oxygens (including phenoxy) is 1. The van der Waals surface area contributed by atoms with Crippen LogP contribution in [0.4, 0.5) is 17.1 Å². The number of nitrogens with zero attached hydrogens (tertiary/aromatic N) is 1. The number of nitro groups is 1. The molecule has 0 spiro atoms. The Morgan fingerprint density at radius 2 is 1.85 bits per heavy atom. The molecule has 0 aliphatic heterocycles. The third-order valence-corrected chi connectivity index (χ3v) is 2.98. The largest absolute Gasteiger partial charge is 0.385 e. The van der Waals surface area contributed by atoms with Crippen LogP contribution < -0.4 is 10.6 Å². The third-order valence-electron chi connectivity index (χ3n) is 2.98. The van der Waals surface area contributed by atoms with Crippen molar-refractivity contribution in [1.29, 1.82) is 0 Å². The van der Waals surface area contributed by atoms with Crippen molar-refractivity contribution >= 4 is 17.1 Å². The Kier molecular flexibility index (Phi) is 5.76. The maximum atomic E-state index is 11.0. The monoisotopic (exact) mass is 281 g/mol. The van der Waals surface area contributed by atoms with Gasteiger partial charge in [0.1, 0.15) is 0 Å². The quantitative estimate of drug-likeness (QED) is 0.565. The van der Waals surface area contributed by atoms with Crippen molar-refractivity contribution in [2.75, 3.05) is 30.8 Å². The molecule has 0 aliphatic rings. The lowest BCUT2D eigenvalue weighted by molar-refractivity contribution is -0.384. The molecule has 0 bridgehead atoms. The fraction of sp³-hybridized carbons (Fsp3) is 0.571. The lowest BCUT2D eigenvalue weighted by Crippen LogP contribution is -2.32. The summed E-state index contributed by atoms with van der Waals surface area (Å²) in [6.07, 6.45) is 0.960. The molecule has 0 unspecified atom stereocenters. The second-order valence-electron chi connectivity index (χ2n) is 5.27. The molecule has 1 aromatic rings. The van der Waals surface area contributed by atoms with E-state index in [0.717, 1.165) is 18.7 Å². The summed E-state index contributed by atoms with van der Waals surface area (Å²) in [4.78, 5) is 10.6. The molecule has 0 radical (unpaired) electrons. The standard InChI is InChI=1S/C14H23N3O3/c1-5-6-15-11-7-12(9-13(8-11)17(18)19)16-10-14(2,3)20-4/h7-9,15-16H,5-6,10H2,1-4H3. The van der Waals surface area contributed by atoms with Crippen molar-refractivity contribution in [3.63, 3.8) is 0 Å². The van der Waals surface area contributed by atoms with Gasteiger partial charge >= 0.3 is 0 Å². The van der Waals surface area contributed by atoms with Crippen LogP contribution >= 0.6 is 0 Å². The number of nitrogens with one attached hydrogen (secondary N) is 2. The molecule has 0 aromatic heterocycles. The molecule has 6 nitrogen and oxygen atoms in total. The van der Waals surface area contributed by atoms with Crippen LogP contribution in [0.3, 0.4) is 0 Å². The summed E-state index contributed by atoms with van der Waals surface area (Å²) < 4.78 is 5.32. The van der Waals surface area contributed by atoms with E-state index >= 15 is 0 Å². The molecule has 0 fully saturated rings. The molecular weight excluding hydrogens is 258 g/mol. The van der Waals surface area contributed by atoms with Crippen LogP contribution in [0, 0.1) is 10.1 Å². The van der Waals surface area contributed by atoms with E-state index in [1.807, 2.05) is 26.8 Å². The van der Waals surface area contributed by atoms with Crippen molar-refractivity contribution in [2.45, 2.75) is 32.8 Å². The van der Waals surface area contributed by atoms with Crippen molar-refractivity contribution in [3.05, 3.63) is 28.3 Å². The predicted octanol–water partition coefficient (Wildman–Crippen LogP) is 3.25. The highest BCUT2D eigenvalue weighted by Gasteiger charge is 2.17. The minimum atomic E-state index is -0.385. The molecule has 0 saturated heterocycles. The summed E-state index contributed by atoms with van der Waals surface area (Å²) in [5, 5.41) is 17.3. The average molecular weight is 281 g/mol. The molecule has 2 N–H and O–H groups in total. The topological polar surface area (TPSA) is 76.4 Å². The van der Waals surface area contributed by atoms with Gasteiger partial charge in [0.05, 0.1) is 10.5 Å². The van der Waals surface area contributed by atoms with Crippen LogP contribution in [0.25, 0.3) is 0 Å². The van der Waals surface area contributed by atoms with Gasteiger partial charge in [-0.05, 0) is 26.3 Å². The third kappa shape index (κ3) is 5.05. The summed E-state index contributed by atoms with van der Waals surface area (Å²) in [6, 6.07) is 4.94. The van der Waals surface area contributed by atoms with Gasteiger partial charge in [0.25, 0.3) is 5.69 Å². The Balaban J connectivity index is 2.88. The molecule has 1 aromatic carbocycles. The number of nitro benzene ring substituents is 1. The first-order valence-corrected chi connectivity index (χ1v) is 6.70. The van der Waals surface area contributed by atoms with E-state index in [2.05, 4.69) is 10.6 Å². The Morgan fingerprint density at radius 3 is 2.35 bits per heavy atom. The normalized spacial score (nSPS) is 11.2. The molecule has 0 amide bonds. The van der Waals surface area contributed by atoms with Crippen molar-refractivity contribution in [1.82, 2.24) is 0 Å². The molecule has 0 atom stereocenters. The van der Waals surface area contributed by atoms with Gasteiger partial charge < -0.3 is 15.4 Å². The van der Waals surface area contributed by atoms with Crippen LogP contribution in [0.1, 0.15) is 27.2 Å². The Morgan fingerprint density at radius 1 is 1.25 bits per heavy atom. The second-order valence-corrected chi connectivity index (χ2v) is 5.27. The first kappa shape index (κ1) is 16.2. The van der Waals surface area contributed by atoms with E-state index in [-0.39, 0.29) is 16.2 Å². The number of anilines is 2. The SMILES string of the molecule is CCCNc1cc(NCC(C)(C)OC)cc([N+](=O)[O-])c1. The molecule has 0 saturated carbocycles. The van der Waals surface area contributed by atoms with Crippen LogP contribution in [-0.2, 0) is 4.74 Å². The minimum Gasteiger partial charge on any atom is -0.385 e. The zero-order valence-corrected chi connectivity index (χ0v) is 12.5. The second kappa shape index (κ2) is 7.09. The predicted molar refractivity (Wildman–Crippen MR) is 81.5 cm³/mol. The Hall–Kier alpha value is -1.82. The highest BCUT2D eigenvalue weighted by atomic mass is 16.6. The van der Waals surface area contributed by atoms with Crippen molar-refractivity contribution in [3.8, 4) is 0 Å². The van der Waals surface area contributed by atoms with Gasteiger partial charge in [0.15, 0.2) is 0 Å². The average Bonchev–Trinajstić information content (AvgIpc) is 2.43. The molecular formula is C14H23N3O3. The zero-order chi connectivity index (χ0) is 15.2. The van der Waals surface area contributed by atoms with E-state index in [1.165, 1.54) is 6.07 Å². The van der Waals surface area contributed by atoms with Crippen LogP contribution in [0.2, 0.25) is 0 Å². The van der Waals surface area contributed by atoms with E-state index in [9.17, 15) is 10.1 Å². The van der Waals surface area contributed by atoms with Gasteiger partial charge in [-0.2, -0.15) is 0 Å². The summed E-state index contributed by atoms with van der Waals surface area (Å²) in [5.74, 6) is 0. The number of hydrogen-bond acceptors (Lipinski definition) is 5. The maximum absolute atomic E-state index is 11.0. The summed E-state index contributed by atoms with van der Waals surface area (Å²) in [5.41, 5.74) is 1.20. The molecule has 0 heterocycles. The number of benzene rings is 1. The van der Waals surface area contributed by atoms with Crippen LogP contribution in [0.15, 0.2) is 18.2 Å². The number of rotatable bonds is 8. The zero-order valence-electron chi connectivity index (χ0n) is 12.5. The Bertz CT molecular complexity index is 461. The number of hydrogen-bond donors (Lipinski definition) is 2. The number of methoxy groups -OCH3 is 1. The van der Waals surface area contributed by atoms with Gasteiger partial charge in [-0.1, -0.05) is 6.92 Å². The highest BCUT2D eigenvalue weighted by Crippen LogP contribution is 2.25. The van der Waals surface area contributed by atoms with Gasteiger partial charge in [0.2, 0.25) is 0 Å². The first-order chi connectivity index (χ1) is 9.38. The van der Waals surface area contributed by atoms with E-state index in [1.54, 1.807) is 13.2 Å². The van der Waals surface area contributed by atoms with Gasteiger partial charge in [-0.25, -0.2) is 0 Å². The molecule has 20 heavy (non-hydrogen) atoms. The Labute approximate surface area is 119 Å². The lowest BCUT2D eigenvalue weighted by Gasteiger charge is -2.24. The van der Waals surface area contributed by atoms with Crippen LogP contribution in [0.5, 0.6) is 0 Å². The fourth-order valence-corrected chi connectivity index (χ4v) is 1.58. The summed E-state index contributed by atoms with van der Waals surface area (Å²) in [7, 11) is 1.64. The summed E-state index contributed by atoms with van der Waals surface area (Å²) >= 11 is 0. The number of non-ortho nitro benzene ring substituents is 1. The molecule has 0 aliphatic carbocycles. The molecule has 1 rings (SSSR count). The maximum Gasteiger partial charge on any atom is 0.273 e. The van der Waals surface area contributed by atoms with Gasteiger partial charge in [-0.15, -0.1) is 0 Å². The van der Waals surface area contributed by atoms with E-state index < -0.39 is 0 Å². The highest BCUT2D eigenvalue weighted by molar-refractivity contribution is 5.63. The minimum absolute atomic E-state index is 0.0730. The summed E-state index contributed by atoms with van der Waals surface area (Å²) in [6.45, 7) is 7.30. The van der Waals surface area contributed by atoms with E-state index in [4.69, 9.17) is 4.74 Å². The van der Waals surface area contributed by atoms with Crippen molar-refractivity contribution in [2.24, 2.45) is 0 Å². The molecule has 6 heteroatoms. The smallest absolute Gasteiger partial charge is 0.273 e. The molecule has 112 valence electrons.